The molecule has 5 nitrogen and oxygen atoms in total. The third-order valence-corrected chi connectivity index (χ3v) is 2.45. The minimum atomic E-state index is 0.783. The first-order valence-electron chi connectivity index (χ1n) is 5.71. The van der Waals surface area contributed by atoms with Gasteiger partial charge in [-0.1, -0.05) is 6.92 Å². The largest absolute Gasteiger partial charge is 0.370 e. The van der Waals surface area contributed by atoms with Crippen molar-refractivity contribution in [3.63, 3.8) is 0 Å². The molecule has 88 valence electrons. The highest BCUT2D eigenvalue weighted by atomic mass is 15.0. The number of anilines is 1. The normalized spacial score (nSPS) is 10.2. The van der Waals surface area contributed by atoms with Crippen LogP contribution in [0, 0.1) is 0 Å². The Morgan fingerprint density at radius 2 is 2.00 bits per heavy atom. The van der Waals surface area contributed by atoms with Gasteiger partial charge in [0, 0.05) is 24.5 Å². The summed E-state index contributed by atoms with van der Waals surface area (Å²) in [5.74, 6) is 0.880. The summed E-state index contributed by atoms with van der Waals surface area (Å²) in [6.45, 7) is 4.97. The molecule has 0 amide bonds. The third kappa shape index (κ3) is 2.38. The molecule has 0 fully saturated rings. The van der Waals surface area contributed by atoms with Crippen LogP contribution in [0.5, 0.6) is 0 Å². The van der Waals surface area contributed by atoms with Crippen molar-refractivity contribution in [3.8, 4) is 11.4 Å². The highest BCUT2D eigenvalue weighted by molar-refractivity contribution is 5.64. The van der Waals surface area contributed by atoms with E-state index < -0.39 is 0 Å². The van der Waals surface area contributed by atoms with Gasteiger partial charge in [-0.25, -0.2) is 9.97 Å². The Balaban J connectivity index is 2.50. The van der Waals surface area contributed by atoms with Gasteiger partial charge < -0.3 is 5.32 Å². The molecule has 0 saturated carbocycles. The molecule has 5 heteroatoms. The molecule has 0 aliphatic rings. The van der Waals surface area contributed by atoms with E-state index in [0.29, 0.717) is 0 Å². The zero-order valence-electron chi connectivity index (χ0n) is 10.0. The number of nitrogens with zero attached hydrogens (tertiary/aromatic N) is 4. The molecule has 2 aromatic rings. The zero-order valence-corrected chi connectivity index (χ0v) is 10.0. The van der Waals surface area contributed by atoms with E-state index in [0.717, 1.165) is 35.7 Å². The quantitative estimate of drug-likeness (QED) is 0.867. The number of hydrogen-bond donors (Lipinski definition) is 1. The van der Waals surface area contributed by atoms with Gasteiger partial charge >= 0.3 is 0 Å². The summed E-state index contributed by atoms with van der Waals surface area (Å²) in [4.78, 5) is 16.9. The van der Waals surface area contributed by atoms with Gasteiger partial charge in [0.25, 0.3) is 0 Å². The van der Waals surface area contributed by atoms with E-state index in [4.69, 9.17) is 0 Å². The molecular weight excluding hydrogens is 214 g/mol. The van der Waals surface area contributed by atoms with Crippen molar-refractivity contribution in [2.75, 3.05) is 11.9 Å². The summed E-state index contributed by atoms with van der Waals surface area (Å²) in [7, 11) is 0. The maximum Gasteiger partial charge on any atom is 0.133 e. The highest BCUT2D eigenvalue weighted by Crippen LogP contribution is 2.23. The fourth-order valence-electron chi connectivity index (χ4n) is 1.71. The second kappa shape index (κ2) is 5.34. The fraction of sp³-hybridized carbons (Fsp3) is 0.333. The summed E-state index contributed by atoms with van der Waals surface area (Å²) in [6.07, 6.45) is 7.46. The molecule has 2 rings (SSSR count). The second-order valence-corrected chi connectivity index (χ2v) is 3.52. The molecule has 2 heterocycles. The number of rotatable bonds is 4. The van der Waals surface area contributed by atoms with Crippen molar-refractivity contribution in [3.05, 3.63) is 30.5 Å². The Morgan fingerprint density at radius 1 is 1.12 bits per heavy atom. The third-order valence-electron chi connectivity index (χ3n) is 2.45. The summed E-state index contributed by atoms with van der Waals surface area (Å²) in [5, 5.41) is 3.24. The molecule has 0 saturated heterocycles. The van der Waals surface area contributed by atoms with Crippen molar-refractivity contribution >= 4 is 5.82 Å². The van der Waals surface area contributed by atoms with Crippen LogP contribution in [0.2, 0.25) is 0 Å². The molecule has 0 spiro atoms. The maximum atomic E-state index is 4.31. The summed E-state index contributed by atoms with van der Waals surface area (Å²) >= 11 is 0. The van der Waals surface area contributed by atoms with Crippen molar-refractivity contribution in [2.24, 2.45) is 0 Å². The van der Waals surface area contributed by atoms with E-state index in [1.807, 2.05) is 6.92 Å². The van der Waals surface area contributed by atoms with E-state index in [2.05, 4.69) is 32.2 Å². The van der Waals surface area contributed by atoms with Crippen LogP contribution in [0.4, 0.5) is 5.82 Å². The standard InChI is InChI=1S/C12H15N5/c1-3-9-11(10-7-13-5-6-15-10)16-8-17-12(9)14-4-2/h5-8H,3-4H2,1-2H3,(H,14,16,17). The molecule has 0 aromatic carbocycles. The van der Waals surface area contributed by atoms with Gasteiger partial charge in [0.1, 0.15) is 17.8 Å². The lowest BCUT2D eigenvalue weighted by molar-refractivity contribution is 1.02. The van der Waals surface area contributed by atoms with E-state index in [-0.39, 0.29) is 0 Å². The lowest BCUT2D eigenvalue weighted by Gasteiger charge is -2.11. The average molecular weight is 229 g/mol. The van der Waals surface area contributed by atoms with Crippen molar-refractivity contribution < 1.29 is 0 Å². The van der Waals surface area contributed by atoms with Crippen LogP contribution in [-0.4, -0.2) is 26.5 Å². The van der Waals surface area contributed by atoms with Gasteiger partial charge in [0.2, 0.25) is 0 Å². The van der Waals surface area contributed by atoms with Gasteiger partial charge in [-0.15, -0.1) is 0 Å². The average Bonchev–Trinajstić information content (AvgIpc) is 2.40. The maximum absolute atomic E-state index is 4.31. The van der Waals surface area contributed by atoms with Crippen molar-refractivity contribution in [1.82, 2.24) is 19.9 Å². The first-order valence-corrected chi connectivity index (χ1v) is 5.71. The van der Waals surface area contributed by atoms with E-state index in [1.54, 1.807) is 24.9 Å². The molecule has 0 atom stereocenters. The molecule has 0 unspecified atom stereocenters. The Labute approximate surface area is 100 Å². The van der Waals surface area contributed by atoms with Crippen LogP contribution < -0.4 is 5.32 Å². The Bertz CT molecular complexity index is 484. The Morgan fingerprint density at radius 3 is 2.65 bits per heavy atom. The van der Waals surface area contributed by atoms with Crippen molar-refractivity contribution in [2.45, 2.75) is 20.3 Å². The van der Waals surface area contributed by atoms with Crippen LogP contribution in [-0.2, 0) is 6.42 Å². The lowest BCUT2D eigenvalue weighted by Crippen LogP contribution is -2.06. The van der Waals surface area contributed by atoms with Gasteiger partial charge in [0.05, 0.1) is 11.9 Å². The van der Waals surface area contributed by atoms with Crippen molar-refractivity contribution in [1.29, 1.82) is 0 Å². The number of aromatic nitrogens is 4. The molecule has 2 aromatic heterocycles. The first-order chi connectivity index (χ1) is 8.36. The Kier molecular flexibility index (Phi) is 3.59. The monoisotopic (exact) mass is 229 g/mol. The fourth-order valence-corrected chi connectivity index (χ4v) is 1.71. The molecule has 0 aliphatic heterocycles. The zero-order chi connectivity index (χ0) is 12.1. The smallest absolute Gasteiger partial charge is 0.133 e. The van der Waals surface area contributed by atoms with E-state index in [9.17, 15) is 0 Å². The minimum Gasteiger partial charge on any atom is -0.370 e. The van der Waals surface area contributed by atoms with Gasteiger partial charge in [0.15, 0.2) is 0 Å². The number of hydrogen-bond acceptors (Lipinski definition) is 5. The van der Waals surface area contributed by atoms with Crippen LogP contribution in [0.25, 0.3) is 11.4 Å². The summed E-state index contributed by atoms with van der Waals surface area (Å²) in [6, 6.07) is 0. The van der Waals surface area contributed by atoms with Crippen LogP contribution in [0.1, 0.15) is 19.4 Å². The predicted molar refractivity (Wildman–Crippen MR) is 66.6 cm³/mol. The highest BCUT2D eigenvalue weighted by Gasteiger charge is 2.11. The minimum absolute atomic E-state index is 0.783. The first kappa shape index (κ1) is 11.4. The molecule has 17 heavy (non-hydrogen) atoms. The molecule has 1 N–H and O–H groups in total. The summed E-state index contributed by atoms with van der Waals surface area (Å²) < 4.78 is 0. The molecule has 0 bridgehead atoms. The topological polar surface area (TPSA) is 63.6 Å². The van der Waals surface area contributed by atoms with Gasteiger partial charge in [-0.05, 0) is 13.3 Å². The molecule has 0 aliphatic carbocycles. The molecule has 0 radical (unpaired) electrons. The van der Waals surface area contributed by atoms with E-state index >= 15 is 0 Å². The number of nitrogens with one attached hydrogen (secondary N) is 1. The summed E-state index contributed by atoms with van der Waals surface area (Å²) in [5.41, 5.74) is 2.72. The lowest BCUT2D eigenvalue weighted by atomic mass is 10.1. The van der Waals surface area contributed by atoms with Gasteiger partial charge in [-0.3, -0.25) is 9.97 Å². The molecular formula is C12H15N5. The predicted octanol–water partition coefficient (Wildman–Crippen LogP) is 1.93. The van der Waals surface area contributed by atoms with Gasteiger partial charge in [-0.2, -0.15) is 0 Å². The van der Waals surface area contributed by atoms with Crippen LogP contribution in [0.15, 0.2) is 24.9 Å². The Hall–Kier alpha value is -2.04. The van der Waals surface area contributed by atoms with Crippen LogP contribution >= 0.6 is 0 Å². The van der Waals surface area contributed by atoms with E-state index in [1.165, 1.54) is 0 Å². The van der Waals surface area contributed by atoms with Crippen LogP contribution in [0.3, 0.4) is 0 Å². The SMILES string of the molecule is CCNc1ncnc(-c2cnccn2)c1CC. The second-order valence-electron chi connectivity index (χ2n) is 3.52.